The first kappa shape index (κ1) is 36.3. The van der Waals surface area contributed by atoms with Crippen molar-refractivity contribution in [1.82, 2.24) is 0 Å². The van der Waals surface area contributed by atoms with Crippen molar-refractivity contribution in [3.05, 3.63) is 52.1 Å². The molecule has 1 N–H and O–H groups in total. The largest absolute Gasteiger partial charge is 0.457 e. The highest BCUT2D eigenvalue weighted by Gasteiger charge is 2.31. The van der Waals surface area contributed by atoms with E-state index in [1.165, 1.54) is 71.1 Å². The fourth-order valence-corrected chi connectivity index (χ4v) is 6.02. The van der Waals surface area contributed by atoms with Crippen LogP contribution in [0, 0.1) is 12.8 Å². The number of aliphatic hydroxyl groups excluding tert-OH is 1. The van der Waals surface area contributed by atoms with E-state index in [9.17, 15) is 19.5 Å². The van der Waals surface area contributed by atoms with Gasteiger partial charge >= 0.3 is 11.9 Å². The van der Waals surface area contributed by atoms with Gasteiger partial charge in [0, 0.05) is 17.5 Å². The number of ketones is 1. The van der Waals surface area contributed by atoms with Crippen LogP contribution in [-0.4, -0.2) is 22.8 Å². The van der Waals surface area contributed by atoms with E-state index in [-0.39, 0.29) is 52.7 Å². The minimum atomic E-state index is -0.927. The Balaban J connectivity index is 1.61. The Morgan fingerprint density at radius 1 is 0.911 bits per heavy atom. The molecule has 0 aliphatic carbocycles. The molecule has 1 atom stereocenters. The third kappa shape index (κ3) is 11.3. The molecule has 248 valence electrons. The van der Waals surface area contributed by atoms with Gasteiger partial charge in [0.15, 0.2) is 17.3 Å². The highest BCUT2D eigenvalue weighted by Crippen LogP contribution is 2.42. The number of fused-ring (bicyclic) bond motifs is 2. The minimum Gasteiger partial charge on any atom is -0.457 e. The Morgan fingerprint density at radius 2 is 1.51 bits per heavy atom. The number of carbonyl (C=O) groups excluding carboxylic acids is 3. The van der Waals surface area contributed by atoms with Crippen LogP contribution in [0.15, 0.2) is 24.3 Å². The molecule has 7 nitrogen and oxygen atoms in total. The van der Waals surface area contributed by atoms with Gasteiger partial charge in [0.1, 0.15) is 17.9 Å². The Bertz CT molecular complexity index is 1280. The Kier molecular flexibility index (Phi) is 15.1. The molecular formula is C38H54O7. The summed E-state index contributed by atoms with van der Waals surface area (Å²) >= 11 is 0. The zero-order chi connectivity index (χ0) is 32.8. The van der Waals surface area contributed by atoms with Crippen molar-refractivity contribution in [2.75, 3.05) is 0 Å². The molecule has 0 amide bonds. The van der Waals surface area contributed by atoms with Crippen molar-refractivity contribution in [2.24, 2.45) is 5.92 Å². The second kappa shape index (κ2) is 18.7. The van der Waals surface area contributed by atoms with E-state index in [0.29, 0.717) is 24.0 Å². The normalized spacial score (nSPS) is 13.3. The lowest BCUT2D eigenvalue weighted by molar-refractivity contribution is -0.134. The van der Waals surface area contributed by atoms with Crippen LogP contribution in [0.3, 0.4) is 0 Å². The third-order valence-electron chi connectivity index (χ3n) is 8.36. The van der Waals surface area contributed by atoms with Crippen molar-refractivity contribution >= 4 is 17.7 Å². The summed E-state index contributed by atoms with van der Waals surface area (Å²) in [6.07, 6.45) is 15.8. The Labute approximate surface area is 270 Å². The van der Waals surface area contributed by atoms with E-state index in [1.54, 1.807) is 18.2 Å². The Hall–Kier alpha value is -3.19. The molecule has 0 aromatic heterocycles. The topological polar surface area (TPSA) is 99.1 Å². The third-order valence-corrected chi connectivity index (χ3v) is 8.36. The predicted octanol–water partition coefficient (Wildman–Crippen LogP) is 10.1. The Morgan fingerprint density at radius 3 is 2.09 bits per heavy atom. The molecule has 1 aliphatic rings. The smallest absolute Gasteiger partial charge is 0.343 e. The molecule has 3 rings (SSSR count). The van der Waals surface area contributed by atoms with Crippen LogP contribution in [0.2, 0.25) is 0 Å². The maximum atomic E-state index is 13.2. The number of unbranched alkanes of at least 4 members (excludes halogenated alkanes) is 12. The van der Waals surface area contributed by atoms with E-state index in [1.807, 2.05) is 26.8 Å². The number of esters is 2. The van der Waals surface area contributed by atoms with Gasteiger partial charge in [0.25, 0.3) is 0 Å². The number of aryl methyl sites for hydroxylation is 1. The van der Waals surface area contributed by atoms with Gasteiger partial charge in [-0.05, 0) is 61.9 Å². The molecule has 0 fully saturated rings. The van der Waals surface area contributed by atoms with Gasteiger partial charge in [-0.25, -0.2) is 4.79 Å². The zero-order valence-corrected chi connectivity index (χ0v) is 28.2. The molecule has 0 bridgehead atoms. The average molecular weight is 623 g/mol. The summed E-state index contributed by atoms with van der Waals surface area (Å²) in [5.74, 6) is -0.604. The second-order valence-electron chi connectivity index (χ2n) is 13.0. The van der Waals surface area contributed by atoms with Crippen molar-refractivity contribution in [2.45, 2.75) is 144 Å². The van der Waals surface area contributed by atoms with Gasteiger partial charge in [0.2, 0.25) is 0 Å². The summed E-state index contributed by atoms with van der Waals surface area (Å²) in [6, 6.07) is 6.74. The molecule has 0 saturated heterocycles. The van der Waals surface area contributed by atoms with Crippen LogP contribution in [-0.2, 0) is 16.1 Å². The molecule has 45 heavy (non-hydrogen) atoms. The van der Waals surface area contributed by atoms with Gasteiger partial charge < -0.3 is 19.3 Å². The van der Waals surface area contributed by atoms with Crippen molar-refractivity contribution in [1.29, 1.82) is 0 Å². The number of carbonyl (C=O) groups is 3. The van der Waals surface area contributed by atoms with E-state index >= 15 is 0 Å². The van der Waals surface area contributed by atoms with Gasteiger partial charge in [0.05, 0.1) is 6.10 Å². The minimum absolute atomic E-state index is 0.0294. The van der Waals surface area contributed by atoms with Crippen LogP contribution in [0.5, 0.6) is 17.2 Å². The fourth-order valence-electron chi connectivity index (χ4n) is 6.02. The standard InChI is InChI=1S/C38H54O7/c1-6-7-8-9-10-11-12-13-14-15-16-17-18-19-34(41)44-33-24-27(4)23-29-25-43-38(42)36-32(45-37(29)33)21-20-30(35(36)28(5)39)31(40)22-26(2)3/h20-21,23-24,26,31,40H,6-19,22,25H2,1-5H3. The summed E-state index contributed by atoms with van der Waals surface area (Å²) < 4.78 is 17.7. The number of hydrogen-bond acceptors (Lipinski definition) is 7. The van der Waals surface area contributed by atoms with Crippen LogP contribution < -0.4 is 9.47 Å². The molecule has 7 heteroatoms. The summed E-state index contributed by atoms with van der Waals surface area (Å²) in [7, 11) is 0. The number of aliphatic hydroxyl groups is 1. The summed E-state index contributed by atoms with van der Waals surface area (Å²) in [6.45, 7) is 9.31. The maximum Gasteiger partial charge on any atom is 0.343 e. The van der Waals surface area contributed by atoms with Gasteiger partial charge in [-0.3, -0.25) is 9.59 Å². The van der Waals surface area contributed by atoms with Crippen molar-refractivity contribution in [3.8, 4) is 17.2 Å². The number of Topliss-reactive ketones (excluding diaryl/α,β-unsaturated/α-hetero) is 1. The van der Waals surface area contributed by atoms with Crippen LogP contribution in [0.25, 0.3) is 0 Å². The van der Waals surface area contributed by atoms with Gasteiger partial charge in [-0.15, -0.1) is 0 Å². The summed E-state index contributed by atoms with van der Waals surface area (Å²) in [5, 5.41) is 10.9. The molecular weight excluding hydrogens is 568 g/mol. The highest BCUT2D eigenvalue weighted by atomic mass is 16.6. The number of ether oxygens (including phenoxy) is 3. The molecule has 1 aliphatic heterocycles. The number of cyclic esters (lactones) is 1. The van der Waals surface area contributed by atoms with Crippen molar-refractivity contribution < 1.29 is 33.7 Å². The molecule has 1 heterocycles. The first-order valence-corrected chi connectivity index (χ1v) is 17.2. The van der Waals surface area contributed by atoms with E-state index in [2.05, 4.69) is 6.92 Å². The lowest BCUT2D eigenvalue weighted by atomic mass is 9.90. The fraction of sp³-hybridized carbons (Fsp3) is 0.605. The molecule has 0 saturated carbocycles. The van der Waals surface area contributed by atoms with E-state index in [4.69, 9.17) is 14.2 Å². The first-order valence-electron chi connectivity index (χ1n) is 17.2. The first-order chi connectivity index (χ1) is 21.6. The van der Waals surface area contributed by atoms with Crippen molar-refractivity contribution in [3.63, 3.8) is 0 Å². The lowest BCUT2D eigenvalue weighted by Gasteiger charge is -2.24. The molecule has 1 unspecified atom stereocenters. The number of hydrogen-bond donors (Lipinski definition) is 1. The zero-order valence-electron chi connectivity index (χ0n) is 28.2. The number of benzene rings is 2. The van der Waals surface area contributed by atoms with E-state index in [0.717, 1.165) is 24.8 Å². The summed E-state index contributed by atoms with van der Waals surface area (Å²) in [4.78, 5) is 38.9. The molecule has 0 radical (unpaired) electrons. The number of rotatable bonds is 19. The predicted molar refractivity (Wildman–Crippen MR) is 177 cm³/mol. The average Bonchev–Trinajstić information content (AvgIpc) is 2.98. The quantitative estimate of drug-likeness (QED) is 0.0720. The van der Waals surface area contributed by atoms with Gasteiger partial charge in [-0.2, -0.15) is 0 Å². The van der Waals surface area contributed by atoms with Crippen LogP contribution >= 0.6 is 0 Å². The lowest BCUT2D eigenvalue weighted by Crippen LogP contribution is -2.19. The molecule has 2 aromatic rings. The maximum absolute atomic E-state index is 13.2. The van der Waals surface area contributed by atoms with Crippen LogP contribution in [0.1, 0.15) is 168 Å². The molecule has 0 spiro atoms. The SMILES string of the molecule is CCCCCCCCCCCCCCCC(=O)Oc1cc(C)cc2c1Oc1ccc(C(O)CC(C)C)c(C(C)=O)c1C(=O)OC2. The molecule has 2 aromatic carbocycles. The van der Waals surface area contributed by atoms with E-state index < -0.39 is 12.1 Å². The summed E-state index contributed by atoms with van der Waals surface area (Å²) in [5.41, 5.74) is 1.81. The monoisotopic (exact) mass is 622 g/mol. The van der Waals surface area contributed by atoms with Gasteiger partial charge in [-0.1, -0.05) is 104 Å². The second-order valence-corrected chi connectivity index (χ2v) is 13.0. The van der Waals surface area contributed by atoms with Crippen LogP contribution in [0.4, 0.5) is 0 Å². The highest BCUT2D eigenvalue weighted by molar-refractivity contribution is 6.08.